The van der Waals surface area contributed by atoms with Crippen molar-refractivity contribution >= 4 is 11.9 Å². The summed E-state index contributed by atoms with van der Waals surface area (Å²) >= 11 is 0. The summed E-state index contributed by atoms with van der Waals surface area (Å²) < 4.78 is 0. The second kappa shape index (κ2) is 8.53. The minimum atomic E-state index is -1.11. The second-order valence-corrected chi connectivity index (χ2v) is 6.74. The average molecular weight is 373 g/mol. The van der Waals surface area contributed by atoms with Crippen molar-refractivity contribution in [2.24, 2.45) is 0 Å². The Morgan fingerprint density at radius 2 is 1.07 bits per heavy atom. The number of carbonyl (C=O) groups is 2. The molecule has 28 heavy (non-hydrogen) atoms. The van der Waals surface area contributed by atoms with Crippen LogP contribution in [0.5, 0.6) is 0 Å². The van der Waals surface area contributed by atoms with Gasteiger partial charge in [0.1, 0.15) is 0 Å². The molecule has 0 saturated carbocycles. The zero-order chi connectivity index (χ0) is 20.1. The van der Waals surface area contributed by atoms with Crippen LogP contribution >= 0.6 is 0 Å². The first-order valence-corrected chi connectivity index (χ1v) is 9.25. The van der Waals surface area contributed by atoms with Crippen LogP contribution in [0.3, 0.4) is 0 Å². The molecule has 142 valence electrons. The summed E-state index contributed by atoms with van der Waals surface area (Å²) in [5.74, 6) is -1.41. The number of carboxylic acid groups (broad SMARTS) is 1. The van der Waals surface area contributed by atoms with Crippen molar-refractivity contribution in [3.8, 4) is 0 Å². The molecule has 0 aliphatic carbocycles. The first-order valence-electron chi connectivity index (χ1n) is 9.25. The zero-order valence-electron chi connectivity index (χ0n) is 15.9. The summed E-state index contributed by atoms with van der Waals surface area (Å²) in [5.41, 5.74) is 2.19. The lowest BCUT2D eigenvalue weighted by Gasteiger charge is -2.36. The minimum Gasteiger partial charge on any atom is -0.478 e. The van der Waals surface area contributed by atoms with Gasteiger partial charge in [0.2, 0.25) is 0 Å². The van der Waals surface area contributed by atoms with E-state index in [-0.39, 0.29) is 29.1 Å². The van der Waals surface area contributed by atoms with E-state index in [4.69, 9.17) is 0 Å². The number of amides is 1. The largest absolute Gasteiger partial charge is 0.478 e. The molecule has 0 aliphatic rings. The molecule has 0 aromatic heterocycles. The van der Waals surface area contributed by atoms with E-state index in [1.165, 1.54) is 6.07 Å². The predicted octanol–water partition coefficient (Wildman–Crippen LogP) is 5.35. The molecule has 0 heterocycles. The second-order valence-electron chi connectivity index (χ2n) is 6.74. The Morgan fingerprint density at radius 1 is 0.679 bits per heavy atom. The highest BCUT2D eigenvalue weighted by Gasteiger charge is 2.30. The van der Waals surface area contributed by atoms with Gasteiger partial charge in [-0.3, -0.25) is 4.79 Å². The summed E-state index contributed by atoms with van der Waals surface area (Å²) in [4.78, 5) is 27.0. The van der Waals surface area contributed by atoms with Gasteiger partial charge in [-0.1, -0.05) is 72.8 Å². The Kier molecular flexibility index (Phi) is 5.90. The third-order valence-electron chi connectivity index (χ3n) is 5.02. The van der Waals surface area contributed by atoms with Crippen LogP contribution in [0.25, 0.3) is 0 Å². The van der Waals surface area contributed by atoms with Gasteiger partial charge in [0.15, 0.2) is 0 Å². The van der Waals surface area contributed by atoms with Gasteiger partial charge < -0.3 is 10.0 Å². The maximum absolute atomic E-state index is 13.6. The van der Waals surface area contributed by atoms with Crippen LogP contribution in [-0.4, -0.2) is 21.9 Å². The quantitative estimate of drug-likeness (QED) is 0.634. The first-order chi connectivity index (χ1) is 13.5. The summed E-state index contributed by atoms with van der Waals surface area (Å²) in [6.07, 6.45) is 0. The van der Waals surface area contributed by atoms with Crippen LogP contribution in [-0.2, 0) is 0 Å². The maximum atomic E-state index is 13.6. The van der Waals surface area contributed by atoms with Gasteiger partial charge >= 0.3 is 5.97 Å². The number of rotatable bonds is 6. The Hall–Kier alpha value is -3.40. The Bertz CT molecular complexity index is 908. The lowest BCUT2D eigenvalue weighted by molar-refractivity contribution is 0.0587. The molecule has 0 spiro atoms. The van der Waals surface area contributed by atoms with Crippen molar-refractivity contribution in [3.05, 3.63) is 107 Å². The van der Waals surface area contributed by atoms with Crippen LogP contribution in [0.4, 0.5) is 0 Å². The number of aromatic carboxylic acids is 1. The van der Waals surface area contributed by atoms with E-state index in [1.807, 2.05) is 74.5 Å². The van der Waals surface area contributed by atoms with Crippen LogP contribution in [0, 0.1) is 0 Å². The number of nitrogens with zero attached hydrogens (tertiary/aromatic N) is 1. The maximum Gasteiger partial charge on any atom is 0.336 e. The summed E-state index contributed by atoms with van der Waals surface area (Å²) in [6.45, 7) is 3.94. The molecule has 2 atom stereocenters. The Labute approximate surface area is 165 Å². The zero-order valence-corrected chi connectivity index (χ0v) is 15.9. The Morgan fingerprint density at radius 3 is 1.50 bits per heavy atom. The fraction of sp³-hybridized carbons (Fsp3) is 0.167. The standard InChI is InChI=1S/C24H23NO3/c1-17(19-11-5-3-6-12-19)25(18(2)20-13-7-4-8-14-20)23(26)21-15-9-10-16-22(21)24(27)28/h3-18H,1-2H3,(H,27,28)/t17-,18-/m1/s1. The van der Waals surface area contributed by atoms with Gasteiger partial charge in [0, 0.05) is 0 Å². The molecular formula is C24H23NO3. The molecule has 0 unspecified atom stereocenters. The summed E-state index contributed by atoms with van der Waals surface area (Å²) in [5, 5.41) is 9.54. The first kappa shape index (κ1) is 19.4. The SMILES string of the molecule is C[C@H](c1ccccc1)N(C(=O)c1ccccc1C(=O)O)[C@H](C)c1ccccc1. The highest BCUT2D eigenvalue weighted by molar-refractivity contribution is 6.05. The van der Waals surface area contributed by atoms with Gasteiger partial charge in [-0.2, -0.15) is 0 Å². The molecule has 0 aliphatic heterocycles. The van der Waals surface area contributed by atoms with E-state index in [0.29, 0.717) is 0 Å². The van der Waals surface area contributed by atoms with Crippen LogP contribution in [0.2, 0.25) is 0 Å². The molecule has 4 nitrogen and oxygen atoms in total. The number of hydrogen-bond acceptors (Lipinski definition) is 2. The average Bonchev–Trinajstić information content (AvgIpc) is 2.74. The van der Waals surface area contributed by atoms with E-state index < -0.39 is 5.97 Å². The molecule has 0 bridgehead atoms. The van der Waals surface area contributed by atoms with Crippen LogP contribution in [0.15, 0.2) is 84.9 Å². The van der Waals surface area contributed by atoms with E-state index in [2.05, 4.69) is 0 Å². The Balaban J connectivity index is 2.08. The van der Waals surface area contributed by atoms with E-state index in [0.717, 1.165) is 11.1 Å². The van der Waals surface area contributed by atoms with Crippen molar-refractivity contribution in [2.45, 2.75) is 25.9 Å². The normalized spacial score (nSPS) is 12.8. The number of hydrogen-bond donors (Lipinski definition) is 1. The van der Waals surface area contributed by atoms with Crippen molar-refractivity contribution in [3.63, 3.8) is 0 Å². The van der Waals surface area contributed by atoms with Gasteiger partial charge in [0.05, 0.1) is 23.2 Å². The number of carbonyl (C=O) groups excluding carboxylic acids is 1. The molecule has 0 saturated heterocycles. The van der Waals surface area contributed by atoms with E-state index >= 15 is 0 Å². The van der Waals surface area contributed by atoms with Crippen molar-refractivity contribution in [1.29, 1.82) is 0 Å². The lowest BCUT2D eigenvalue weighted by atomic mass is 9.98. The van der Waals surface area contributed by atoms with Gasteiger partial charge in [-0.25, -0.2) is 4.79 Å². The summed E-state index contributed by atoms with van der Waals surface area (Å²) in [7, 11) is 0. The van der Waals surface area contributed by atoms with Gasteiger partial charge in [-0.05, 0) is 37.1 Å². The predicted molar refractivity (Wildman–Crippen MR) is 109 cm³/mol. The smallest absolute Gasteiger partial charge is 0.336 e. The fourth-order valence-electron chi connectivity index (χ4n) is 3.47. The molecule has 1 N–H and O–H groups in total. The monoisotopic (exact) mass is 373 g/mol. The van der Waals surface area contributed by atoms with Crippen molar-refractivity contribution in [1.82, 2.24) is 4.90 Å². The molecule has 0 radical (unpaired) electrons. The topological polar surface area (TPSA) is 57.6 Å². The molecule has 3 aromatic carbocycles. The molecule has 3 aromatic rings. The molecule has 3 rings (SSSR count). The van der Waals surface area contributed by atoms with E-state index in [9.17, 15) is 14.7 Å². The van der Waals surface area contributed by atoms with Crippen molar-refractivity contribution in [2.75, 3.05) is 0 Å². The van der Waals surface area contributed by atoms with Gasteiger partial charge in [0.25, 0.3) is 5.91 Å². The fourth-order valence-corrected chi connectivity index (χ4v) is 3.47. The molecular weight excluding hydrogens is 350 g/mol. The highest BCUT2D eigenvalue weighted by Crippen LogP contribution is 2.32. The minimum absolute atomic E-state index is 0.0121. The van der Waals surface area contributed by atoms with Crippen molar-refractivity contribution < 1.29 is 14.7 Å². The number of carboxylic acids is 1. The summed E-state index contributed by atoms with van der Waals surface area (Å²) in [6, 6.07) is 25.4. The van der Waals surface area contributed by atoms with Crippen LogP contribution in [0.1, 0.15) is 57.8 Å². The lowest BCUT2D eigenvalue weighted by Crippen LogP contribution is -2.36. The molecule has 4 heteroatoms. The number of benzene rings is 3. The molecule has 1 amide bonds. The van der Waals surface area contributed by atoms with Gasteiger partial charge in [-0.15, -0.1) is 0 Å². The third kappa shape index (κ3) is 3.96. The van der Waals surface area contributed by atoms with E-state index in [1.54, 1.807) is 23.1 Å². The highest BCUT2D eigenvalue weighted by atomic mass is 16.4. The van der Waals surface area contributed by atoms with Crippen LogP contribution < -0.4 is 0 Å². The molecule has 0 fully saturated rings. The third-order valence-corrected chi connectivity index (χ3v) is 5.02.